The molecule has 8 heteroatoms. The molecule has 158 valence electrons. The minimum atomic E-state index is -0.215. The Balaban J connectivity index is 1.42. The van der Waals surface area contributed by atoms with Crippen LogP contribution in [0.4, 0.5) is 0 Å². The van der Waals surface area contributed by atoms with Crippen molar-refractivity contribution in [2.75, 3.05) is 32.7 Å². The molecule has 6 nitrogen and oxygen atoms in total. The van der Waals surface area contributed by atoms with E-state index in [1.54, 1.807) is 28.0 Å². The summed E-state index contributed by atoms with van der Waals surface area (Å²) in [7, 11) is 0. The highest BCUT2D eigenvalue weighted by Crippen LogP contribution is 2.26. The van der Waals surface area contributed by atoms with Crippen molar-refractivity contribution in [3.05, 3.63) is 33.8 Å². The zero-order valence-corrected chi connectivity index (χ0v) is 18.0. The molecule has 1 aliphatic heterocycles. The fraction of sp³-hybridized carbons (Fsp3) is 0.571. The number of hydrogen-bond acceptors (Lipinski definition) is 3. The minimum Gasteiger partial charge on any atom is -0.355 e. The third kappa shape index (κ3) is 5.64. The average molecular weight is 440 g/mol. The summed E-state index contributed by atoms with van der Waals surface area (Å²) in [5.74, 6) is -0.0427. The van der Waals surface area contributed by atoms with Gasteiger partial charge in [-0.3, -0.25) is 14.4 Å². The molecule has 0 bridgehead atoms. The van der Waals surface area contributed by atoms with E-state index in [2.05, 4.69) is 5.32 Å². The molecule has 0 radical (unpaired) electrons. The lowest BCUT2D eigenvalue weighted by atomic mass is 9.89. The Morgan fingerprint density at radius 1 is 0.931 bits per heavy atom. The van der Waals surface area contributed by atoms with E-state index in [0.717, 1.165) is 25.7 Å². The highest BCUT2D eigenvalue weighted by molar-refractivity contribution is 6.39. The van der Waals surface area contributed by atoms with Crippen LogP contribution in [0.2, 0.25) is 10.0 Å². The number of rotatable bonds is 5. The Kier molecular flexibility index (Phi) is 7.78. The van der Waals surface area contributed by atoms with E-state index < -0.39 is 0 Å². The highest BCUT2D eigenvalue weighted by Gasteiger charge is 2.27. The fourth-order valence-electron chi connectivity index (χ4n) is 3.98. The molecule has 0 unspecified atom stereocenters. The summed E-state index contributed by atoms with van der Waals surface area (Å²) in [5.41, 5.74) is 0.307. The second-order valence-corrected chi connectivity index (χ2v) is 8.46. The van der Waals surface area contributed by atoms with Crippen molar-refractivity contribution in [3.63, 3.8) is 0 Å². The van der Waals surface area contributed by atoms with Gasteiger partial charge in [-0.25, -0.2) is 0 Å². The van der Waals surface area contributed by atoms with E-state index in [0.29, 0.717) is 48.3 Å². The maximum absolute atomic E-state index is 12.7. The molecule has 1 N–H and O–H groups in total. The molecule has 0 spiro atoms. The van der Waals surface area contributed by atoms with Gasteiger partial charge in [0.1, 0.15) is 0 Å². The standard InChI is InChI=1S/C21H27Cl2N3O3/c22-16-7-4-8-17(23)19(16)21(29)26-13-11-25(12-14-26)18(27)9-10-24-20(28)15-5-2-1-3-6-15/h4,7-8,15H,1-3,5-6,9-14H2,(H,24,28). The molecule has 1 heterocycles. The van der Waals surface area contributed by atoms with E-state index in [1.165, 1.54) is 6.42 Å². The van der Waals surface area contributed by atoms with Crippen LogP contribution < -0.4 is 5.32 Å². The number of halogens is 2. The first kappa shape index (κ1) is 21.9. The van der Waals surface area contributed by atoms with Crippen molar-refractivity contribution >= 4 is 40.9 Å². The van der Waals surface area contributed by atoms with Crippen LogP contribution in [0.3, 0.4) is 0 Å². The first-order valence-electron chi connectivity index (χ1n) is 10.3. The number of amides is 3. The van der Waals surface area contributed by atoms with Gasteiger partial charge in [0.15, 0.2) is 0 Å². The van der Waals surface area contributed by atoms with Crippen LogP contribution in [0.1, 0.15) is 48.9 Å². The van der Waals surface area contributed by atoms with Gasteiger partial charge in [0.25, 0.3) is 5.91 Å². The summed E-state index contributed by atoms with van der Waals surface area (Å²) < 4.78 is 0. The number of piperazine rings is 1. The van der Waals surface area contributed by atoms with Gasteiger partial charge in [-0.1, -0.05) is 48.5 Å². The second kappa shape index (κ2) is 10.3. The van der Waals surface area contributed by atoms with Crippen LogP contribution in [-0.4, -0.2) is 60.2 Å². The largest absolute Gasteiger partial charge is 0.355 e. The van der Waals surface area contributed by atoms with Gasteiger partial charge in [-0.05, 0) is 25.0 Å². The molecule has 1 aromatic carbocycles. The minimum absolute atomic E-state index is 0.00295. The lowest BCUT2D eigenvalue weighted by Crippen LogP contribution is -2.51. The lowest BCUT2D eigenvalue weighted by molar-refractivity contribution is -0.132. The highest BCUT2D eigenvalue weighted by atomic mass is 35.5. The monoisotopic (exact) mass is 439 g/mol. The van der Waals surface area contributed by atoms with E-state index >= 15 is 0 Å². The fourth-order valence-corrected chi connectivity index (χ4v) is 4.54. The lowest BCUT2D eigenvalue weighted by Gasteiger charge is -2.35. The van der Waals surface area contributed by atoms with E-state index in [1.807, 2.05) is 0 Å². The first-order valence-corrected chi connectivity index (χ1v) is 11.0. The zero-order valence-electron chi connectivity index (χ0n) is 16.5. The molecule has 3 amide bonds. The number of carbonyl (C=O) groups is 3. The van der Waals surface area contributed by atoms with Gasteiger partial charge in [-0.2, -0.15) is 0 Å². The van der Waals surface area contributed by atoms with Crippen molar-refractivity contribution in [2.45, 2.75) is 38.5 Å². The van der Waals surface area contributed by atoms with Gasteiger partial charge < -0.3 is 15.1 Å². The van der Waals surface area contributed by atoms with Crippen LogP contribution in [0.15, 0.2) is 18.2 Å². The van der Waals surface area contributed by atoms with Crippen LogP contribution in [0.25, 0.3) is 0 Å². The second-order valence-electron chi connectivity index (χ2n) is 7.65. The molecule has 2 aliphatic rings. The van der Waals surface area contributed by atoms with Crippen molar-refractivity contribution in [2.24, 2.45) is 5.92 Å². The summed E-state index contributed by atoms with van der Waals surface area (Å²) in [6.07, 6.45) is 5.61. The number of benzene rings is 1. The summed E-state index contributed by atoms with van der Waals surface area (Å²) in [4.78, 5) is 40.7. The topological polar surface area (TPSA) is 69.7 Å². The van der Waals surface area contributed by atoms with Crippen molar-refractivity contribution < 1.29 is 14.4 Å². The van der Waals surface area contributed by atoms with Gasteiger partial charge in [-0.15, -0.1) is 0 Å². The molecule has 3 rings (SSSR count). The van der Waals surface area contributed by atoms with Crippen molar-refractivity contribution in [3.8, 4) is 0 Å². The number of hydrogen-bond donors (Lipinski definition) is 1. The molecule has 1 aliphatic carbocycles. The normalized spacial score (nSPS) is 17.9. The molecule has 29 heavy (non-hydrogen) atoms. The van der Waals surface area contributed by atoms with E-state index in [4.69, 9.17) is 23.2 Å². The van der Waals surface area contributed by atoms with Gasteiger partial charge in [0, 0.05) is 45.1 Å². The van der Waals surface area contributed by atoms with Crippen molar-refractivity contribution in [1.82, 2.24) is 15.1 Å². The molecule has 1 saturated heterocycles. The van der Waals surface area contributed by atoms with Crippen LogP contribution in [0.5, 0.6) is 0 Å². The maximum Gasteiger partial charge on any atom is 0.257 e. The average Bonchev–Trinajstić information content (AvgIpc) is 2.74. The van der Waals surface area contributed by atoms with Gasteiger partial charge >= 0.3 is 0 Å². The van der Waals surface area contributed by atoms with E-state index in [9.17, 15) is 14.4 Å². The SMILES string of the molecule is O=C(NCCC(=O)N1CCN(C(=O)c2c(Cl)cccc2Cl)CC1)C1CCCCC1. The Hall–Kier alpha value is -1.79. The molecule has 2 fully saturated rings. The van der Waals surface area contributed by atoms with Crippen molar-refractivity contribution in [1.29, 1.82) is 0 Å². The first-order chi connectivity index (χ1) is 14.0. The summed E-state index contributed by atoms with van der Waals surface area (Å²) >= 11 is 12.3. The predicted molar refractivity (Wildman–Crippen MR) is 113 cm³/mol. The Labute approximate surface area is 181 Å². The molecule has 0 aromatic heterocycles. The third-order valence-electron chi connectivity index (χ3n) is 5.71. The quantitative estimate of drug-likeness (QED) is 0.764. The van der Waals surface area contributed by atoms with Crippen LogP contribution >= 0.6 is 23.2 Å². The maximum atomic E-state index is 12.7. The molecule has 1 saturated carbocycles. The van der Waals surface area contributed by atoms with Crippen LogP contribution in [0, 0.1) is 5.92 Å². The zero-order chi connectivity index (χ0) is 20.8. The van der Waals surface area contributed by atoms with E-state index in [-0.39, 0.29) is 30.1 Å². The summed E-state index contributed by atoms with van der Waals surface area (Å²) in [6, 6.07) is 4.98. The Morgan fingerprint density at radius 2 is 1.52 bits per heavy atom. The Bertz CT molecular complexity index is 737. The van der Waals surface area contributed by atoms with Gasteiger partial charge in [0.05, 0.1) is 15.6 Å². The number of nitrogens with zero attached hydrogens (tertiary/aromatic N) is 2. The number of carbonyl (C=O) groups excluding carboxylic acids is 3. The molecule has 1 aromatic rings. The molecule has 0 atom stereocenters. The predicted octanol–water partition coefficient (Wildman–Crippen LogP) is 3.36. The third-order valence-corrected chi connectivity index (χ3v) is 6.34. The summed E-state index contributed by atoms with van der Waals surface area (Å²) in [5, 5.41) is 3.56. The number of nitrogens with one attached hydrogen (secondary N) is 1. The smallest absolute Gasteiger partial charge is 0.257 e. The van der Waals surface area contributed by atoms with Crippen LogP contribution in [-0.2, 0) is 9.59 Å². The molecular formula is C21H27Cl2N3O3. The summed E-state index contributed by atoms with van der Waals surface area (Å²) in [6.45, 7) is 2.15. The molecular weight excluding hydrogens is 413 g/mol. The Morgan fingerprint density at radius 3 is 2.14 bits per heavy atom. The van der Waals surface area contributed by atoms with Gasteiger partial charge in [0.2, 0.25) is 11.8 Å².